The molecule has 0 atom stereocenters. The maximum atomic E-state index is 12.3. The van der Waals surface area contributed by atoms with Crippen molar-refractivity contribution in [3.63, 3.8) is 0 Å². The molecule has 2 aromatic rings. The second-order valence-corrected chi connectivity index (χ2v) is 5.75. The van der Waals surface area contributed by atoms with Crippen LogP contribution in [-0.2, 0) is 0 Å². The summed E-state index contributed by atoms with van der Waals surface area (Å²) in [6.07, 6.45) is 0.915. The summed E-state index contributed by atoms with van der Waals surface area (Å²) in [6.45, 7) is 5.53. The lowest BCUT2D eigenvalue weighted by Gasteiger charge is -2.10. The van der Waals surface area contributed by atoms with Crippen LogP contribution >= 0.6 is 11.6 Å². The highest BCUT2D eigenvalue weighted by Crippen LogP contribution is 2.22. The lowest BCUT2D eigenvalue weighted by molar-refractivity contribution is 0.0952. The summed E-state index contributed by atoms with van der Waals surface area (Å²) < 4.78 is 2.07. The number of amides is 1. The van der Waals surface area contributed by atoms with E-state index in [1.54, 1.807) is 0 Å². The van der Waals surface area contributed by atoms with E-state index in [2.05, 4.69) is 15.2 Å². The zero-order valence-corrected chi connectivity index (χ0v) is 14.0. The van der Waals surface area contributed by atoms with Gasteiger partial charge in [-0.15, -0.1) is 0 Å². The van der Waals surface area contributed by atoms with Crippen LogP contribution in [0.5, 0.6) is 0 Å². The molecule has 1 aromatic carbocycles. The standard InChI is InChI=1S/C17H22ClN3O/c1-12-11-16(17(22)20-10-4-9-19-3)13(2)21(12)15-7-5-14(18)6-8-15/h5-8,11,19H,4,9-10H2,1-3H3,(H,20,22). The zero-order valence-electron chi connectivity index (χ0n) is 13.2. The van der Waals surface area contributed by atoms with Gasteiger partial charge in [-0.3, -0.25) is 4.79 Å². The van der Waals surface area contributed by atoms with Gasteiger partial charge in [-0.25, -0.2) is 0 Å². The molecule has 0 bridgehead atoms. The van der Waals surface area contributed by atoms with E-state index >= 15 is 0 Å². The Labute approximate surface area is 136 Å². The molecule has 0 spiro atoms. The largest absolute Gasteiger partial charge is 0.352 e. The monoisotopic (exact) mass is 319 g/mol. The maximum Gasteiger partial charge on any atom is 0.253 e. The van der Waals surface area contributed by atoms with Crippen molar-refractivity contribution >= 4 is 17.5 Å². The minimum absolute atomic E-state index is 0.0237. The fourth-order valence-corrected chi connectivity index (χ4v) is 2.67. The third-order valence-corrected chi connectivity index (χ3v) is 3.90. The van der Waals surface area contributed by atoms with Gasteiger partial charge in [0, 0.05) is 28.6 Å². The van der Waals surface area contributed by atoms with Crippen molar-refractivity contribution in [1.29, 1.82) is 0 Å². The summed E-state index contributed by atoms with van der Waals surface area (Å²) in [4.78, 5) is 12.3. The average Bonchev–Trinajstić information content (AvgIpc) is 2.80. The van der Waals surface area contributed by atoms with Crippen molar-refractivity contribution in [2.24, 2.45) is 0 Å². The predicted octanol–water partition coefficient (Wildman–Crippen LogP) is 3.09. The molecular formula is C17H22ClN3O. The molecule has 0 saturated heterocycles. The second-order valence-electron chi connectivity index (χ2n) is 5.31. The van der Waals surface area contributed by atoms with Crippen molar-refractivity contribution in [3.05, 3.63) is 52.3 Å². The summed E-state index contributed by atoms with van der Waals surface area (Å²) in [5.41, 5.74) is 3.69. The van der Waals surface area contributed by atoms with Gasteiger partial charge < -0.3 is 15.2 Å². The van der Waals surface area contributed by atoms with Gasteiger partial charge in [0.25, 0.3) is 5.91 Å². The highest BCUT2D eigenvalue weighted by Gasteiger charge is 2.16. The molecule has 118 valence electrons. The summed E-state index contributed by atoms with van der Waals surface area (Å²) in [5, 5.41) is 6.73. The lowest BCUT2D eigenvalue weighted by Crippen LogP contribution is -2.26. The van der Waals surface area contributed by atoms with E-state index in [-0.39, 0.29) is 5.91 Å². The smallest absolute Gasteiger partial charge is 0.253 e. The fraction of sp³-hybridized carbons (Fsp3) is 0.353. The molecule has 0 unspecified atom stereocenters. The first-order chi connectivity index (χ1) is 10.5. The molecule has 4 nitrogen and oxygen atoms in total. The Morgan fingerprint density at radius 1 is 1.18 bits per heavy atom. The van der Waals surface area contributed by atoms with Crippen molar-refractivity contribution in [3.8, 4) is 5.69 Å². The molecule has 0 aliphatic rings. The number of aromatic nitrogens is 1. The van der Waals surface area contributed by atoms with E-state index in [9.17, 15) is 4.79 Å². The lowest BCUT2D eigenvalue weighted by atomic mass is 10.2. The Morgan fingerprint density at radius 3 is 2.50 bits per heavy atom. The average molecular weight is 320 g/mol. The number of hydrogen-bond acceptors (Lipinski definition) is 2. The van der Waals surface area contributed by atoms with Crippen LogP contribution in [-0.4, -0.2) is 30.6 Å². The number of carbonyl (C=O) groups is 1. The molecule has 0 fully saturated rings. The number of halogens is 1. The SMILES string of the molecule is CNCCCNC(=O)c1cc(C)n(-c2ccc(Cl)cc2)c1C. The number of nitrogens with zero attached hydrogens (tertiary/aromatic N) is 1. The minimum Gasteiger partial charge on any atom is -0.352 e. The highest BCUT2D eigenvalue weighted by molar-refractivity contribution is 6.30. The normalized spacial score (nSPS) is 10.7. The first-order valence-electron chi connectivity index (χ1n) is 7.42. The van der Waals surface area contributed by atoms with Crippen LogP contribution < -0.4 is 10.6 Å². The highest BCUT2D eigenvalue weighted by atomic mass is 35.5. The van der Waals surface area contributed by atoms with Crippen LogP contribution in [0.15, 0.2) is 30.3 Å². The summed E-state index contributed by atoms with van der Waals surface area (Å²) >= 11 is 5.94. The van der Waals surface area contributed by atoms with Crippen molar-refractivity contribution in [2.75, 3.05) is 20.1 Å². The molecule has 1 amide bonds. The van der Waals surface area contributed by atoms with Gasteiger partial charge in [0.05, 0.1) is 5.56 Å². The van der Waals surface area contributed by atoms with E-state index in [0.29, 0.717) is 11.6 Å². The van der Waals surface area contributed by atoms with Crippen LogP contribution in [0.4, 0.5) is 0 Å². The Morgan fingerprint density at radius 2 is 1.86 bits per heavy atom. The van der Waals surface area contributed by atoms with Gasteiger partial charge in [-0.1, -0.05) is 11.6 Å². The molecule has 0 aliphatic carbocycles. The van der Waals surface area contributed by atoms with Gasteiger partial charge >= 0.3 is 0 Å². The van der Waals surface area contributed by atoms with Gasteiger partial charge in [-0.05, 0) is 64.2 Å². The topological polar surface area (TPSA) is 46.1 Å². The van der Waals surface area contributed by atoms with Crippen molar-refractivity contribution in [2.45, 2.75) is 20.3 Å². The minimum atomic E-state index is -0.0237. The predicted molar refractivity (Wildman–Crippen MR) is 91.1 cm³/mol. The molecule has 5 heteroatoms. The molecule has 0 saturated carbocycles. The molecular weight excluding hydrogens is 298 g/mol. The quantitative estimate of drug-likeness (QED) is 0.804. The third-order valence-electron chi connectivity index (χ3n) is 3.65. The molecule has 22 heavy (non-hydrogen) atoms. The third kappa shape index (κ3) is 3.70. The number of benzene rings is 1. The van der Waals surface area contributed by atoms with E-state index in [1.165, 1.54) is 0 Å². The Bertz CT molecular complexity index is 647. The molecule has 1 heterocycles. The Kier molecular flexibility index (Phi) is 5.63. The number of hydrogen-bond donors (Lipinski definition) is 2. The van der Waals surface area contributed by atoms with Crippen LogP contribution in [0.2, 0.25) is 5.02 Å². The van der Waals surface area contributed by atoms with Crippen LogP contribution in [0, 0.1) is 13.8 Å². The summed E-state index contributed by atoms with van der Waals surface area (Å²) in [5.74, 6) is -0.0237. The molecule has 2 rings (SSSR count). The molecule has 2 N–H and O–H groups in total. The van der Waals surface area contributed by atoms with Gasteiger partial charge in [0.15, 0.2) is 0 Å². The van der Waals surface area contributed by atoms with E-state index < -0.39 is 0 Å². The maximum absolute atomic E-state index is 12.3. The fourth-order valence-electron chi connectivity index (χ4n) is 2.54. The van der Waals surface area contributed by atoms with Crippen LogP contribution in [0.25, 0.3) is 5.69 Å². The van der Waals surface area contributed by atoms with Crippen molar-refractivity contribution in [1.82, 2.24) is 15.2 Å². The van der Waals surface area contributed by atoms with E-state index in [1.807, 2.05) is 51.2 Å². The molecule has 1 aromatic heterocycles. The zero-order chi connectivity index (χ0) is 16.1. The van der Waals surface area contributed by atoms with Crippen LogP contribution in [0.1, 0.15) is 28.2 Å². The van der Waals surface area contributed by atoms with Crippen molar-refractivity contribution < 1.29 is 4.79 Å². The Hall–Kier alpha value is -1.78. The summed E-state index contributed by atoms with van der Waals surface area (Å²) in [7, 11) is 1.90. The van der Waals surface area contributed by atoms with E-state index in [4.69, 9.17) is 11.6 Å². The number of nitrogens with one attached hydrogen (secondary N) is 2. The number of rotatable bonds is 6. The van der Waals surface area contributed by atoms with E-state index in [0.717, 1.165) is 35.6 Å². The Balaban J connectivity index is 2.19. The molecule has 0 aliphatic heterocycles. The number of carbonyl (C=O) groups excluding carboxylic acids is 1. The number of aryl methyl sites for hydroxylation is 1. The van der Waals surface area contributed by atoms with Gasteiger partial charge in [-0.2, -0.15) is 0 Å². The second kappa shape index (κ2) is 7.47. The summed E-state index contributed by atoms with van der Waals surface area (Å²) in [6, 6.07) is 9.55. The first kappa shape index (κ1) is 16.6. The van der Waals surface area contributed by atoms with Crippen LogP contribution in [0.3, 0.4) is 0 Å². The van der Waals surface area contributed by atoms with Gasteiger partial charge in [0.1, 0.15) is 0 Å². The molecule has 0 radical (unpaired) electrons. The first-order valence-corrected chi connectivity index (χ1v) is 7.80. The van der Waals surface area contributed by atoms with Gasteiger partial charge in [0.2, 0.25) is 0 Å².